The van der Waals surface area contributed by atoms with Crippen molar-refractivity contribution in [2.75, 3.05) is 6.61 Å². The lowest BCUT2D eigenvalue weighted by Gasteiger charge is -2.25. The number of carbonyl (C=O) groups is 1. The molecule has 0 amide bonds. The molecule has 1 aliphatic rings. The topological polar surface area (TPSA) is 90.1 Å². The number of hydrogen-bond donors (Lipinski definition) is 1. The first kappa shape index (κ1) is 26.2. The number of fused-ring (bicyclic) bond motifs is 1. The molecule has 3 aromatic rings. The van der Waals surface area contributed by atoms with E-state index in [1.54, 1.807) is 51.1 Å². The lowest BCUT2D eigenvalue weighted by molar-refractivity contribution is -0.143. The third-order valence-corrected chi connectivity index (χ3v) is 7.24. The summed E-state index contributed by atoms with van der Waals surface area (Å²) in [5.74, 6) is 0.115. The zero-order valence-corrected chi connectivity index (χ0v) is 23.2. The number of carbonyl (C=O) groups excluding carboxylic acids is 1. The maximum absolute atomic E-state index is 13.7. The van der Waals surface area contributed by atoms with Crippen LogP contribution in [0.5, 0.6) is 11.5 Å². The largest absolute Gasteiger partial charge is 0.506 e. The van der Waals surface area contributed by atoms with Gasteiger partial charge in [0.15, 0.2) is 4.80 Å². The Morgan fingerprint density at radius 3 is 2.64 bits per heavy atom. The van der Waals surface area contributed by atoms with Gasteiger partial charge in [0.2, 0.25) is 0 Å². The Kier molecular flexibility index (Phi) is 7.73. The summed E-state index contributed by atoms with van der Waals surface area (Å²) in [4.78, 5) is 31.9. The maximum Gasteiger partial charge on any atom is 0.338 e. The Labute approximate surface area is 225 Å². The summed E-state index contributed by atoms with van der Waals surface area (Å²) in [6.45, 7) is 7.69. The number of esters is 1. The molecule has 0 saturated heterocycles. The Morgan fingerprint density at radius 2 is 2.00 bits per heavy atom. The van der Waals surface area contributed by atoms with Gasteiger partial charge in [-0.15, -0.1) is 0 Å². The van der Waals surface area contributed by atoms with Gasteiger partial charge in [0.25, 0.3) is 5.56 Å². The van der Waals surface area contributed by atoms with E-state index in [1.165, 1.54) is 15.9 Å². The summed E-state index contributed by atoms with van der Waals surface area (Å²) in [7, 11) is 0. The predicted octanol–water partition coefficient (Wildman–Crippen LogP) is 4.71. The molecule has 0 unspecified atom stereocenters. The van der Waals surface area contributed by atoms with E-state index in [0.29, 0.717) is 53.6 Å². The van der Waals surface area contributed by atoms with Crippen molar-refractivity contribution in [3.8, 4) is 11.5 Å². The first-order chi connectivity index (χ1) is 17.1. The van der Waals surface area contributed by atoms with Crippen molar-refractivity contribution in [1.82, 2.24) is 4.57 Å². The summed E-state index contributed by atoms with van der Waals surface area (Å²) in [5.41, 5.74) is 1.51. The summed E-state index contributed by atoms with van der Waals surface area (Å²) in [6, 6.07) is 9.65. The predicted molar refractivity (Wildman–Crippen MR) is 143 cm³/mol. The van der Waals surface area contributed by atoms with Gasteiger partial charge in [0.1, 0.15) is 11.5 Å². The number of ether oxygens (including phenoxy) is 2. The molecule has 1 aromatic heterocycles. The number of thiazole rings is 1. The van der Waals surface area contributed by atoms with Crippen molar-refractivity contribution >= 4 is 50.9 Å². The summed E-state index contributed by atoms with van der Waals surface area (Å²) >= 11 is 10.6. The molecule has 4 rings (SSSR count). The molecule has 2 heterocycles. The highest BCUT2D eigenvalue weighted by molar-refractivity contribution is 9.10. The van der Waals surface area contributed by atoms with E-state index in [-0.39, 0.29) is 17.4 Å². The van der Waals surface area contributed by atoms with E-state index < -0.39 is 12.0 Å². The number of halogens is 2. The Morgan fingerprint density at radius 1 is 1.31 bits per heavy atom. The molecule has 7 nitrogen and oxygen atoms in total. The molecule has 0 radical (unpaired) electrons. The normalized spacial score (nSPS) is 15.6. The monoisotopic (exact) mass is 590 g/mol. The van der Waals surface area contributed by atoms with Gasteiger partial charge in [-0.25, -0.2) is 9.79 Å². The maximum atomic E-state index is 13.7. The van der Waals surface area contributed by atoms with Crippen LogP contribution in [0.3, 0.4) is 0 Å². The van der Waals surface area contributed by atoms with E-state index >= 15 is 0 Å². The fourth-order valence-corrected chi connectivity index (χ4v) is 5.80. The van der Waals surface area contributed by atoms with Crippen molar-refractivity contribution in [3.05, 3.63) is 88.0 Å². The highest BCUT2D eigenvalue weighted by Crippen LogP contribution is 2.33. The van der Waals surface area contributed by atoms with Crippen LogP contribution in [0.25, 0.3) is 6.08 Å². The summed E-state index contributed by atoms with van der Waals surface area (Å²) in [5, 5.41) is 10.9. The molecule has 1 aliphatic heterocycles. The van der Waals surface area contributed by atoms with Crippen LogP contribution in [-0.4, -0.2) is 28.4 Å². The number of rotatable bonds is 6. The number of allylic oxidation sites excluding steroid dienone is 1. The minimum atomic E-state index is -0.745. The Balaban J connectivity index is 1.94. The fraction of sp³-hybridized carbons (Fsp3) is 0.269. The van der Waals surface area contributed by atoms with Gasteiger partial charge < -0.3 is 14.6 Å². The van der Waals surface area contributed by atoms with Crippen LogP contribution in [-0.2, 0) is 9.53 Å². The van der Waals surface area contributed by atoms with Gasteiger partial charge in [-0.2, -0.15) is 0 Å². The highest BCUT2D eigenvalue weighted by atomic mass is 79.9. The van der Waals surface area contributed by atoms with Crippen molar-refractivity contribution in [3.63, 3.8) is 0 Å². The van der Waals surface area contributed by atoms with Crippen LogP contribution in [0.4, 0.5) is 0 Å². The SMILES string of the molecule is CCOc1ccc([C@@H]2C(C(=O)OC(C)C)=C(C)N=c3s/c(=C/c4cc(Cl)cc(Br)c4O)c(=O)n32)cc1. The fourth-order valence-electron chi connectivity index (χ4n) is 3.93. The number of phenolic OH excluding ortho intramolecular Hbond substituents is 1. The molecule has 0 saturated carbocycles. The third kappa shape index (κ3) is 5.14. The molecular formula is C26H24BrClN2O5S. The third-order valence-electron chi connectivity index (χ3n) is 5.44. The first-order valence-electron chi connectivity index (χ1n) is 11.2. The molecule has 36 heavy (non-hydrogen) atoms. The minimum absolute atomic E-state index is 0.0364. The second-order valence-electron chi connectivity index (χ2n) is 8.36. The molecule has 188 valence electrons. The molecule has 0 fully saturated rings. The summed E-state index contributed by atoms with van der Waals surface area (Å²) in [6.07, 6.45) is 1.23. The van der Waals surface area contributed by atoms with E-state index in [9.17, 15) is 14.7 Å². The Bertz CT molecular complexity index is 1540. The van der Waals surface area contributed by atoms with Crippen LogP contribution < -0.4 is 19.6 Å². The second-order valence-corrected chi connectivity index (χ2v) is 10.7. The van der Waals surface area contributed by atoms with Crippen molar-refractivity contribution < 1.29 is 19.4 Å². The van der Waals surface area contributed by atoms with Gasteiger partial charge in [-0.3, -0.25) is 9.36 Å². The van der Waals surface area contributed by atoms with Crippen LogP contribution in [0.1, 0.15) is 44.9 Å². The number of aromatic nitrogens is 1. The van der Waals surface area contributed by atoms with Crippen molar-refractivity contribution in [1.29, 1.82) is 0 Å². The van der Waals surface area contributed by atoms with Gasteiger partial charge in [-0.05, 0) is 79.5 Å². The summed E-state index contributed by atoms with van der Waals surface area (Å²) < 4.78 is 13.3. The average Bonchev–Trinajstić information content (AvgIpc) is 3.11. The molecular weight excluding hydrogens is 568 g/mol. The quantitative estimate of drug-likeness (QED) is 0.420. The van der Waals surface area contributed by atoms with Gasteiger partial charge >= 0.3 is 5.97 Å². The number of phenols is 1. The minimum Gasteiger partial charge on any atom is -0.506 e. The highest BCUT2D eigenvalue weighted by Gasteiger charge is 2.33. The van der Waals surface area contributed by atoms with Crippen molar-refractivity contribution in [2.45, 2.75) is 39.8 Å². The van der Waals surface area contributed by atoms with E-state index in [4.69, 9.17) is 21.1 Å². The second kappa shape index (κ2) is 10.6. The van der Waals surface area contributed by atoms with Crippen molar-refractivity contribution in [2.24, 2.45) is 4.99 Å². The standard InChI is InChI=1S/C26H24BrClN2O5S/c1-5-34-18-8-6-15(7-9-18)22-21(25(33)35-13(2)3)14(4)29-26-30(22)24(32)20(36-26)11-16-10-17(28)12-19(27)23(16)31/h6-13,22,31H,5H2,1-4H3/b20-11+/t22-/m1/s1. The molecule has 0 spiro atoms. The molecule has 2 aromatic carbocycles. The number of nitrogens with zero attached hydrogens (tertiary/aromatic N) is 2. The van der Waals surface area contributed by atoms with Gasteiger partial charge in [0.05, 0.1) is 39.0 Å². The lowest BCUT2D eigenvalue weighted by Crippen LogP contribution is -2.40. The number of aromatic hydroxyl groups is 1. The zero-order chi connectivity index (χ0) is 26.1. The van der Waals surface area contributed by atoms with Gasteiger partial charge in [0, 0.05) is 10.6 Å². The van der Waals surface area contributed by atoms with Gasteiger partial charge in [-0.1, -0.05) is 35.1 Å². The van der Waals surface area contributed by atoms with Crippen LogP contribution >= 0.6 is 38.9 Å². The van der Waals surface area contributed by atoms with Crippen LogP contribution in [0.15, 0.2) is 61.9 Å². The first-order valence-corrected chi connectivity index (χ1v) is 13.2. The van der Waals surface area contributed by atoms with E-state index in [2.05, 4.69) is 20.9 Å². The number of benzene rings is 2. The van der Waals surface area contributed by atoms with Crippen LogP contribution in [0, 0.1) is 0 Å². The molecule has 10 heteroatoms. The molecule has 0 bridgehead atoms. The molecule has 0 aliphatic carbocycles. The molecule has 1 N–H and O–H groups in total. The van der Waals surface area contributed by atoms with E-state index in [1.807, 2.05) is 19.1 Å². The smallest absolute Gasteiger partial charge is 0.338 e. The van der Waals surface area contributed by atoms with E-state index in [0.717, 1.165) is 0 Å². The molecule has 1 atom stereocenters. The number of hydrogen-bond acceptors (Lipinski definition) is 7. The Hall–Kier alpha value is -2.88. The lowest BCUT2D eigenvalue weighted by atomic mass is 9.96. The average molecular weight is 592 g/mol. The zero-order valence-electron chi connectivity index (χ0n) is 20.0. The van der Waals surface area contributed by atoms with Crippen LogP contribution in [0.2, 0.25) is 5.02 Å².